The lowest BCUT2D eigenvalue weighted by atomic mass is 9.91. The molecule has 190 valence electrons. The Morgan fingerprint density at radius 1 is 0.789 bits per heavy atom. The first-order chi connectivity index (χ1) is 18.6. The Morgan fingerprint density at radius 2 is 1.45 bits per heavy atom. The average molecular weight is 502 g/mol. The minimum atomic E-state index is -0.0294. The van der Waals surface area contributed by atoms with Gasteiger partial charge in [-0.05, 0) is 68.3 Å². The van der Waals surface area contributed by atoms with Gasteiger partial charge in [-0.3, -0.25) is 4.79 Å². The molecule has 38 heavy (non-hydrogen) atoms. The number of benzene rings is 3. The number of rotatable bonds is 7. The summed E-state index contributed by atoms with van der Waals surface area (Å²) in [5.74, 6) is 0. The predicted molar refractivity (Wildman–Crippen MR) is 159 cm³/mol. The fourth-order valence-corrected chi connectivity index (χ4v) is 5.09. The molecule has 0 unspecified atom stereocenters. The van der Waals surface area contributed by atoms with Gasteiger partial charge in [0.1, 0.15) is 18.4 Å². The quantitative estimate of drug-likeness (QED) is 0.248. The van der Waals surface area contributed by atoms with Crippen LogP contribution in [-0.4, -0.2) is 29.9 Å². The summed E-state index contributed by atoms with van der Waals surface area (Å²) in [5.41, 5.74) is 7.35. The fraction of sp³-hybridized carbons (Fsp3) is 0.176. The summed E-state index contributed by atoms with van der Waals surface area (Å²) in [6, 6.07) is 26.3. The second kappa shape index (κ2) is 11.3. The molecule has 1 aliphatic rings. The Hall–Kier alpha value is -4.44. The normalized spacial score (nSPS) is 12.7. The molecule has 0 fully saturated rings. The number of nitrogens with zero attached hydrogens (tertiary/aromatic N) is 2. The molecule has 0 saturated carbocycles. The second-order valence-electron chi connectivity index (χ2n) is 9.20. The topological polar surface area (TPSA) is 36.5 Å². The number of allylic oxidation sites excluding steroid dienone is 5. The number of hydrogen-bond acceptors (Lipinski definition) is 3. The molecule has 0 radical (unpaired) electrons. The molecule has 1 aromatic heterocycles. The van der Waals surface area contributed by atoms with Gasteiger partial charge in [-0.1, -0.05) is 42.5 Å². The maximum Gasteiger partial charge on any atom is 0.205 e. The predicted octanol–water partition coefficient (Wildman–Crippen LogP) is 7.37. The van der Waals surface area contributed by atoms with E-state index >= 15 is 0 Å². The molecule has 1 heterocycles. The van der Waals surface area contributed by atoms with Crippen molar-refractivity contribution < 1.29 is 8.99 Å². The molecule has 3 aromatic carbocycles. The van der Waals surface area contributed by atoms with Crippen molar-refractivity contribution in [3.8, 4) is 0 Å². The highest BCUT2D eigenvalue weighted by Gasteiger charge is 2.19. The van der Waals surface area contributed by atoms with E-state index in [-0.39, 0.29) is 5.43 Å². The van der Waals surface area contributed by atoms with Crippen LogP contribution in [0.1, 0.15) is 31.9 Å². The van der Waals surface area contributed by atoms with Gasteiger partial charge in [0.15, 0.2) is 0 Å². The molecular weight excluding hydrogens is 468 g/mol. The van der Waals surface area contributed by atoms with Crippen LogP contribution in [0.15, 0.2) is 124 Å². The van der Waals surface area contributed by atoms with Gasteiger partial charge in [-0.15, -0.1) is 0 Å². The van der Waals surface area contributed by atoms with E-state index in [0.29, 0.717) is 16.5 Å². The Kier molecular flexibility index (Phi) is 7.50. The fourth-order valence-electron chi connectivity index (χ4n) is 5.09. The van der Waals surface area contributed by atoms with Gasteiger partial charge in [-0.25, -0.2) is 0 Å². The number of para-hydroxylation sites is 2. The molecule has 0 N–H and O–H groups in total. The van der Waals surface area contributed by atoms with E-state index in [1.165, 1.54) is 5.69 Å². The molecule has 4 heteroatoms. The van der Waals surface area contributed by atoms with Crippen molar-refractivity contribution in [1.29, 1.82) is 0 Å². The molecule has 5 rings (SSSR count). The van der Waals surface area contributed by atoms with E-state index in [4.69, 9.17) is 4.42 Å². The summed E-state index contributed by atoms with van der Waals surface area (Å²) < 4.78 is 8.21. The van der Waals surface area contributed by atoms with Crippen molar-refractivity contribution in [3.05, 3.63) is 136 Å². The zero-order valence-electron chi connectivity index (χ0n) is 22.2. The van der Waals surface area contributed by atoms with E-state index in [2.05, 4.69) is 103 Å². The van der Waals surface area contributed by atoms with Gasteiger partial charge in [0.05, 0.1) is 10.9 Å². The summed E-state index contributed by atoms with van der Waals surface area (Å²) in [4.78, 5) is 16.0. The third-order valence-electron chi connectivity index (χ3n) is 7.09. The number of anilines is 1. The Balaban J connectivity index is 1.67. The van der Waals surface area contributed by atoms with Crippen LogP contribution in [-0.2, 0) is 0 Å². The highest BCUT2D eigenvalue weighted by molar-refractivity contribution is 6.04. The zero-order chi connectivity index (χ0) is 26.5. The van der Waals surface area contributed by atoms with Crippen molar-refractivity contribution in [2.24, 2.45) is 0 Å². The Bertz CT molecular complexity index is 1600. The minimum Gasteiger partial charge on any atom is -0.463 e. The summed E-state index contributed by atoms with van der Waals surface area (Å²) in [6.45, 7) is 9.20. The molecule has 4 aromatic rings. The van der Waals surface area contributed by atoms with Gasteiger partial charge >= 0.3 is 0 Å². The lowest BCUT2D eigenvalue weighted by molar-refractivity contribution is -0.434. The van der Waals surface area contributed by atoms with Crippen LogP contribution < -0.4 is 10.3 Å². The molecule has 1 aliphatic carbocycles. The van der Waals surface area contributed by atoms with Crippen LogP contribution in [0.5, 0.6) is 0 Å². The molecule has 0 amide bonds. The molecule has 0 bridgehead atoms. The highest BCUT2D eigenvalue weighted by Crippen LogP contribution is 2.31. The van der Waals surface area contributed by atoms with Crippen LogP contribution in [0.3, 0.4) is 0 Å². The smallest absolute Gasteiger partial charge is 0.205 e. The van der Waals surface area contributed by atoms with E-state index < -0.39 is 0 Å². The number of hydrogen-bond donors (Lipinski definition) is 0. The van der Waals surface area contributed by atoms with Crippen molar-refractivity contribution in [2.75, 3.05) is 24.5 Å². The largest absolute Gasteiger partial charge is 0.463 e. The van der Waals surface area contributed by atoms with Gasteiger partial charge in [0.25, 0.3) is 0 Å². The molecule has 4 nitrogen and oxygen atoms in total. The van der Waals surface area contributed by atoms with Crippen molar-refractivity contribution in [1.82, 2.24) is 0 Å². The lowest BCUT2D eigenvalue weighted by Crippen LogP contribution is -2.21. The van der Waals surface area contributed by atoms with Gasteiger partial charge in [0, 0.05) is 48.6 Å². The molecule has 0 atom stereocenters. The van der Waals surface area contributed by atoms with Gasteiger partial charge in [-0.2, -0.15) is 4.58 Å². The van der Waals surface area contributed by atoms with E-state index in [0.717, 1.165) is 47.7 Å². The summed E-state index contributed by atoms with van der Waals surface area (Å²) in [5, 5.41) is 0.583. The van der Waals surface area contributed by atoms with Crippen molar-refractivity contribution >= 4 is 33.6 Å². The average Bonchev–Trinajstić information content (AvgIpc) is 2.98. The van der Waals surface area contributed by atoms with Gasteiger partial charge < -0.3 is 9.32 Å². The number of fused-ring (bicyclic) bond motifs is 1. The molecular formula is C34H33N2O2+. The van der Waals surface area contributed by atoms with Crippen LogP contribution in [0.4, 0.5) is 11.4 Å². The minimum absolute atomic E-state index is 0.0294. The maximum absolute atomic E-state index is 13.7. The summed E-state index contributed by atoms with van der Waals surface area (Å²) >= 11 is 0. The van der Waals surface area contributed by atoms with E-state index in [1.54, 1.807) is 6.26 Å². The monoisotopic (exact) mass is 501 g/mol. The maximum atomic E-state index is 13.7. The zero-order valence-corrected chi connectivity index (χ0v) is 22.2. The third-order valence-corrected chi connectivity index (χ3v) is 7.09. The van der Waals surface area contributed by atoms with Crippen LogP contribution >= 0.6 is 0 Å². The first-order valence-corrected chi connectivity index (χ1v) is 13.3. The Labute approximate surface area is 224 Å². The molecule has 0 saturated heterocycles. The highest BCUT2D eigenvalue weighted by atomic mass is 16.3. The third kappa shape index (κ3) is 4.90. The standard InChI is InChI=1S/C34H33N2O2/c1-4-35(5-2)27-20-16-25(17-21-27)33(31-24-38-32-15-11-10-14-30(32)34(31)37)26-18-22-29(23-19-26)36(6-3)28-12-8-7-9-13-28/h7-24H,4-6H2,1-3H3/q+1. The first-order valence-electron chi connectivity index (χ1n) is 13.3. The second-order valence-corrected chi connectivity index (χ2v) is 9.20. The summed E-state index contributed by atoms with van der Waals surface area (Å²) in [7, 11) is 0. The van der Waals surface area contributed by atoms with Crippen molar-refractivity contribution in [2.45, 2.75) is 20.8 Å². The molecule has 0 aliphatic heterocycles. The van der Waals surface area contributed by atoms with Crippen molar-refractivity contribution in [3.63, 3.8) is 0 Å². The van der Waals surface area contributed by atoms with E-state index in [9.17, 15) is 4.79 Å². The first kappa shape index (κ1) is 25.2. The van der Waals surface area contributed by atoms with Crippen LogP contribution in [0, 0.1) is 0 Å². The summed E-state index contributed by atoms with van der Waals surface area (Å²) in [6.07, 6.45) is 10.1. The van der Waals surface area contributed by atoms with Crippen LogP contribution in [0.2, 0.25) is 0 Å². The van der Waals surface area contributed by atoms with E-state index in [1.807, 2.05) is 30.3 Å². The Morgan fingerprint density at radius 3 is 2.11 bits per heavy atom. The lowest BCUT2D eigenvalue weighted by Gasteiger charge is -2.21. The van der Waals surface area contributed by atoms with Gasteiger partial charge in [0.2, 0.25) is 16.8 Å². The molecule has 0 spiro atoms. The van der Waals surface area contributed by atoms with Crippen LogP contribution in [0.25, 0.3) is 16.5 Å². The SMILES string of the molecule is CCN(CC)c1ccc(C(=C2C=CC(=[N+](CC)c3ccccc3)C=C2)c2coc3ccccc3c2=O)cc1.